The predicted molar refractivity (Wildman–Crippen MR) is 46.6 cm³/mol. The molecule has 0 aliphatic carbocycles. The van der Waals surface area contributed by atoms with Crippen molar-refractivity contribution >= 4 is 17.6 Å². The number of halogens is 1. The van der Waals surface area contributed by atoms with Gasteiger partial charge in [0.2, 0.25) is 0 Å². The molecule has 1 atom stereocenters. The summed E-state index contributed by atoms with van der Waals surface area (Å²) in [4.78, 5) is 19.7. The fraction of sp³-hybridized carbons (Fsp3) is 0.875. The highest BCUT2D eigenvalue weighted by Crippen LogP contribution is 2.09. The molecule has 0 aromatic carbocycles. The van der Waals surface area contributed by atoms with Gasteiger partial charge in [0.05, 0.1) is 5.92 Å². The van der Waals surface area contributed by atoms with E-state index in [2.05, 4.69) is 16.7 Å². The van der Waals surface area contributed by atoms with Crippen molar-refractivity contribution in [3.05, 3.63) is 0 Å². The third kappa shape index (κ3) is 5.38. The molecule has 0 radical (unpaired) electrons. The number of carbonyl (C=O) groups excluding carboxylic acids is 1. The van der Waals surface area contributed by atoms with Crippen LogP contribution in [-0.4, -0.2) is 12.0 Å². The summed E-state index contributed by atoms with van der Waals surface area (Å²) in [5.74, 6) is -0.447. The van der Waals surface area contributed by atoms with Crippen LogP contribution >= 0.6 is 11.6 Å². The van der Waals surface area contributed by atoms with Crippen molar-refractivity contribution in [3.8, 4) is 0 Å². The lowest BCUT2D eigenvalue weighted by Crippen LogP contribution is -2.14. The fourth-order valence-corrected chi connectivity index (χ4v) is 0.835. The lowest BCUT2D eigenvalue weighted by atomic mass is 10.1. The number of hydrogen-bond acceptors (Lipinski definition) is 3. The Morgan fingerprint density at radius 2 is 2.25 bits per heavy atom. The van der Waals surface area contributed by atoms with E-state index in [9.17, 15) is 4.79 Å². The molecule has 0 aromatic rings. The van der Waals surface area contributed by atoms with Gasteiger partial charge in [0.1, 0.15) is 0 Å². The summed E-state index contributed by atoms with van der Waals surface area (Å²) < 4.78 is 0. The molecule has 0 spiro atoms. The highest BCUT2D eigenvalue weighted by molar-refractivity contribution is 6.17. The van der Waals surface area contributed by atoms with Gasteiger partial charge in [-0.1, -0.05) is 38.3 Å². The Balaban J connectivity index is 3.47. The molecule has 0 heterocycles. The Bertz CT molecular complexity index is 127. The van der Waals surface area contributed by atoms with Gasteiger partial charge in [-0.2, -0.15) is 4.89 Å². The van der Waals surface area contributed by atoms with Gasteiger partial charge in [0.25, 0.3) is 0 Å². The Labute approximate surface area is 77.9 Å². The molecule has 0 saturated carbocycles. The molecule has 0 fully saturated rings. The van der Waals surface area contributed by atoms with Gasteiger partial charge in [-0.15, -0.1) is 0 Å². The summed E-state index contributed by atoms with van der Waals surface area (Å²) in [6, 6.07) is -0.119. The first kappa shape index (κ1) is 11.7. The molecule has 12 heavy (non-hydrogen) atoms. The van der Waals surface area contributed by atoms with E-state index in [4.69, 9.17) is 11.6 Å². The number of alkyl halides is 1. The van der Waals surface area contributed by atoms with Crippen LogP contribution < -0.4 is 0 Å². The Morgan fingerprint density at radius 3 is 2.75 bits per heavy atom. The van der Waals surface area contributed by atoms with Gasteiger partial charge < -0.3 is 0 Å². The van der Waals surface area contributed by atoms with Gasteiger partial charge in [0.15, 0.2) is 6.07 Å². The Hall–Kier alpha value is -0.280. The van der Waals surface area contributed by atoms with Gasteiger partial charge >= 0.3 is 5.97 Å². The third-order valence-corrected chi connectivity index (χ3v) is 1.67. The van der Waals surface area contributed by atoms with E-state index in [1.165, 1.54) is 0 Å². The minimum atomic E-state index is -0.343. The van der Waals surface area contributed by atoms with Crippen molar-refractivity contribution in [2.24, 2.45) is 5.92 Å². The lowest BCUT2D eigenvalue weighted by molar-refractivity contribution is -0.264. The fourth-order valence-electron chi connectivity index (χ4n) is 0.791. The molecule has 0 aliphatic heterocycles. The van der Waals surface area contributed by atoms with Crippen LogP contribution in [0.15, 0.2) is 0 Å². The summed E-state index contributed by atoms with van der Waals surface area (Å²) in [5.41, 5.74) is 0. The molecule has 3 nitrogen and oxygen atoms in total. The standard InChI is InChI=1S/C8H15ClO3/c1-3-4-5-7(2)8(10)12-11-6-9/h7H,3-6H2,1-2H3. The van der Waals surface area contributed by atoms with Crippen LogP contribution in [0.2, 0.25) is 0 Å². The van der Waals surface area contributed by atoms with Crippen molar-refractivity contribution in [1.82, 2.24) is 0 Å². The quantitative estimate of drug-likeness (QED) is 0.370. The molecule has 0 bridgehead atoms. The Kier molecular flexibility index (Phi) is 7.20. The largest absolute Gasteiger partial charge is 0.345 e. The smallest absolute Gasteiger partial charge is 0.297 e. The van der Waals surface area contributed by atoms with E-state index in [1.54, 1.807) is 0 Å². The predicted octanol–water partition coefficient (Wildman–Crippen LogP) is 2.48. The summed E-state index contributed by atoms with van der Waals surface area (Å²) in [5, 5.41) is 0. The zero-order chi connectivity index (χ0) is 9.40. The van der Waals surface area contributed by atoms with E-state index in [-0.39, 0.29) is 18.0 Å². The Morgan fingerprint density at radius 1 is 1.58 bits per heavy atom. The van der Waals surface area contributed by atoms with Crippen LogP contribution in [0.1, 0.15) is 33.1 Å². The molecule has 0 aromatic heterocycles. The first-order chi connectivity index (χ1) is 5.72. The van der Waals surface area contributed by atoms with E-state index >= 15 is 0 Å². The average molecular weight is 195 g/mol. The van der Waals surface area contributed by atoms with Crippen LogP contribution in [-0.2, 0) is 14.6 Å². The van der Waals surface area contributed by atoms with Crippen LogP contribution in [0, 0.1) is 5.92 Å². The number of carbonyl (C=O) groups is 1. The monoisotopic (exact) mass is 194 g/mol. The maximum Gasteiger partial charge on any atom is 0.345 e. The van der Waals surface area contributed by atoms with Crippen molar-refractivity contribution < 1.29 is 14.6 Å². The van der Waals surface area contributed by atoms with Gasteiger partial charge in [-0.3, -0.25) is 4.89 Å². The molecule has 4 heteroatoms. The van der Waals surface area contributed by atoms with Gasteiger partial charge in [0, 0.05) is 0 Å². The van der Waals surface area contributed by atoms with E-state index in [0.29, 0.717) is 0 Å². The molecule has 72 valence electrons. The number of rotatable bonds is 6. The van der Waals surface area contributed by atoms with Crippen molar-refractivity contribution in [2.75, 3.05) is 6.07 Å². The van der Waals surface area contributed by atoms with Crippen molar-refractivity contribution in [2.45, 2.75) is 33.1 Å². The molecular formula is C8H15ClO3. The van der Waals surface area contributed by atoms with Crippen LogP contribution in [0.4, 0.5) is 0 Å². The zero-order valence-electron chi connectivity index (χ0n) is 7.51. The first-order valence-corrected chi connectivity index (χ1v) is 4.65. The molecule has 0 saturated heterocycles. The normalized spacial score (nSPS) is 12.6. The average Bonchev–Trinajstić information content (AvgIpc) is 2.10. The molecule has 0 amide bonds. The summed E-state index contributed by atoms with van der Waals surface area (Å²) in [6.07, 6.45) is 2.94. The zero-order valence-corrected chi connectivity index (χ0v) is 8.26. The molecular weight excluding hydrogens is 180 g/mol. The van der Waals surface area contributed by atoms with Crippen molar-refractivity contribution in [3.63, 3.8) is 0 Å². The summed E-state index contributed by atoms with van der Waals surface area (Å²) >= 11 is 5.16. The van der Waals surface area contributed by atoms with E-state index < -0.39 is 0 Å². The summed E-state index contributed by atoms with van der Waals surface area (Å²) in [7, 11) is 0. The molecule has 0 N–H and O–H groups in total. The topological polar surface area (TPSA) is 35.5 Å². The molecule has 0 rings (SSSR count). The maximum absolute atomic E-state index is 11.0. The minimum Gasteiger partial charge on any atom is -0.297 e. The molecule has 0 aliphatic rings. The second kappa shape index (κ2) is 7.37. The highest BCUT2D eigenvalue weighted by Gasteiger charge is 2.14. The van der Waals surface area contributed by atoms with E-state index in [0.717, 1.165) is 19.3 Å². The third-order valence-electron chi connectivity index (χ3n) is 1.58. The minimum absolute atomic E-state index is 0.104. The van der Waals surface area contributed by atoms with Crippen LogP contribution in [0.5, 0.6) is 0 Å². The lowest BCUT2D eigenvalue weighted by Gasteiger charge is -2.07. The van der Waals surface area contributed by atoms with Crippen LogP contribution in [0.25, 0.3) is 0 Å². The SMILES string of the molecule is CCCCC(C)C(=O)OOCCl. The van der Waals surface area contributed by atoms with Crippen molar-refractivity contribution in [1.29, 1.82) is 0 Å². The first-order valence-electron chi connectivity index (χ1n) is 4.11. The second-order valence-electron chi connectivity index (χ2n) is 2.67. The summed E-state index contributed by atoms with van der Waals surface area (Å²) in [6.45, 7) is 3.89. The number of hydrogen-bond donors (Lipinski definition) is 0. The van der Waals surface area contributed by atoms with Gasteiger partial charge in [-0.25, -0.2) is 4.79 Å². The van der Waals surface area contributed by atoms with Crippen LogP contribution in [0.3, 0.4) is 0 Å². The second-order valence-corrected chi connectivity index (χ2v) is 2.89. The van der Waals surface area contributed by atoms with E-state index in [1.807, 2.05) is 6.92 Å². The van der Waals surface area contributed by atoms with Gasteiger partial charge in [-0.05, 0) is 6.42 Å². The maximum atomic E-state index is 11.0. The highest BCUT2D eigenvalue weighted by atomic mass is 35.5. The molecule has 1 unspecified atom stereocenters. The number of unbranched alkanes of at least 4 members (excludes halogenated alkanes) is 1.